The number of piperidine rings is 1. The molecule has 2 amide bonds. The fourth-order valence-electron chi connectivity index (χ4n) is 4.71. The smallest absolute Gasteiger partial charge is 0.410 e. The highest BCUT2D eigenvalue weighted by molar-refractivity contribution is 5.86. The van der Waals surface area contributed by atoms with Crippen molar-refractivity contribution in [1.29, 1.82) is 0 Å². The molecule has 1 spiro atoms. The minimum absolute atomic E-state index is 0.0199. The molecule has 2 aliphatic heterocycles. The molecule has 7 nitrogen and oxygen atoms in total. The Morgan fingerprint density at radius 3 is 2.60 bits per heavy atom. The van der Waals surface area contributed by atoms with Crippen molar-refractivity contribution in [2.24, 2.45) is 5.41 Å². The van der Waals surface area contributed by atoms with E-state index < -0.39 is 12.1 Å². The average Bonchev–Trinajstić information content (AvgIpc) is 3.54. The maximum absolute atomic E-state index is 12.8. The van der Waals surface area contributed by atoms with Crippen LogP contribution in [0, 0.1) is 5.41 Å². The van der Waals surface area contributed by atoms with Crippen molar-refractivity contribution in [1.82, 2.24) is 14.7 Å². The predicted molar refractivity (Wildman–Crippen MR) is 113 cm³/mol. The van der Waals surface area contributed by atoms with Gasteiger partial charge in [0, 0.05) is 26.2 Å². The Balaban J connectivity index is 1.19. The van der Waals surface area contributed by atoms with Crippen molar-refractivity contribution in [3.05, 3.63) is 35.9 Å². The Bertz CT molecular complexity index is 752. The van der Waals surface area contributed by atoms with E-state index in [9.17, 15) is 14.7 Å². The average molecular weight is 416 g/mol. The molecule has 1 aliphatic carbocycles. The van der Waals surface area contributed by atoms with Gasteiger partial charge in [0.1, 0.15) is 12.6 Å². The summed E-state index contributed by atoms with van der Waals surface area (Å²) in [4.78, 5) is 30.9. The number of carbonyl (C=O) groups is 2. The standard InChI is InChI=1S/C23H33N3O4/c1-18-21(28)25(12-5-11-24-13-10-23(8-9-23)20(27)16-24)14-15-26(18)22(29)30-17-19-6-3-2-4-7-19/h2-4,6-7,18,20,27H,5,8-17H2,1H3. The van der Waals surface area contributed by atoms with Gasteiger partial charge in [0.2, 0.25) is 5.91 Å². The van der Waals surface area contributed by atoms with Crippen LogP contribution in [-0.4, -0.2) is 83.2 Å². The number of piperazine rings is 1. The Morgan fingerprint density at radius 1 is 1.13 bits per heavy atom. The van der Waals surface area contributed by atoms with E-state index in [-0.39, 0.29) is 24.0 Å². The molecule has 0 radical (unpaired) electrons. The van der Waals surface area contributed by atoms with E-state index in [1.165, 1.54) is 17.7 Å². The molecule has 0 aromatic heterocycles. The van der Waals surface area contributed by atoms with Crippen LogP contribution in [0.25, 0.3) is 0 Å². The third-order valence-corrected chi connectivity index (χ3v) is 7.05. The maximum Gasteiger partial charge on any atom is 0.410 e. The summed E-state index contributed by atoms with van der Waals surface area (Å²) in [6.07, 6.45) is 3.69. The molecule has 1 N–H and O–H groups in total. The molecule has 2 heterocycles. The van der Waals surface area contributed by atoms with Crippen molar-refractivity contribution in [3.63, 3.8) is 0 Å². The lowest BCUT2D eigenvalue weighted by Gasteiger charge is -2.39. The summed E-state index contributed by atoms with van der Waals surface area (Å²) in [6, 6.07) is 9.04. The van der Waals surface area contributed by atoms with Gasteiger partial charge in [-0.15, -0.1) is 0 Å². The summed E-state index contributed by atoms with van der Waals surface area (Å²) in [5.74, 6) is -0.0199. The highest BCUT2D eigenvalue weighted by Gasteiger charge is 2.51. The number of rotatable bonds is 6. The number of hydrogen-bond acceptors (Lipinski definition) is 5. The van der Waals surface area contributed by atoms with Crippen LogP contribution in [0.4, 0.5) is 4.79 Å². The first kappa shape index (κ1) is 21.1. The van der Waals surface area contributed by atoms with Gasteiger partial charge in [-0.25, -0.2) is 4.79 Å². The van der Waals surface area contributed by atoms with E-state index in [2.05, 4.69) is 4.90 Å². The first-order valence-corrected chi connectivity index (χ1v) is 11.1. The second-order valence-electron chi connectivity index (χ2n) is 9.02. The van der Waals surface area contributed by atoms with E-state index >= 15 is 0 Å². The quantitative estimate of drug-likeness (QED) is 0.770. The van der Waals surface area contributed by atoms with Crippen molar-refractivity contribution >= 4 is 12.0 Å². The molecule has 1 aromatic rings. The summed E-state index contributed by atoms with van der Waals surface area (Å²) in [7, 11) is 0. The number of β-amino-alcohol motifs (C(OH)–C–C–N with tert-alkyl or cyclic N) is 1. The van der Waals surface area contributed by atoms with Crippen LogP contribution in [0.3, 0.4) is 0 Å². The van der Waals surface area contributed by atoms with Gasteiger partial charge in [-0.1, -0.05) is 30.3 Å². The molecule has 2 unspecified atom stereocenters. The molecule has 164 valence electrons. The number of aliphatic hydroxyl groups is 1. The fourth-order valence-corrected chi connectivity index (χ4v) is 4.71. The van der Waals surface area contributed by atoms with Crippen LogP contribution < -0.4 is 0 Å². The van der Waals surface area contributed by atoms with Crippen LogP contribution in [0.2, 0.25) is 0 Å². The first-order chi connectivity index (χ1) is 14.5. The van der Waals surface area contributed by atoms with Gasteiger partial charge in [-0.05, 0) is 56.7 Å². The maximum atomic E-state index is 12.8. The van der Waals surface area contributed by atoms with E-state index in [4.69, 9.17) is 4.74 Å². The monoisotopic (exact) mass is 415 g/mol. The lowest BCUT2D eigenvalue weighted by molar-refractivity contribution is -0.140. The van der Waals surface area contributed by atoms with Gasteiger partial charge in [-0.3, -0.25) is 9.69 Å². The highest BCUT2D eigenvalue weighted by Crippen LogP contribution is 2.53. The molecule has 2 saturated heterocycles. The lowest BCUT2D eigenvalue weighted by Crippen LogP contribution is -2.58. The molecular weight excluding hydrogens is 382 g/mol. The second-order valence-corrected chi connectivity index (χ2v) is 9.02. The summed E-state index contributed by atoms with van der Waals surface area (Å²) < 4.78 is 5.40. The van der Waals surface area contributed by atoms with Gasteiger partial charge in [-0.2, -0.15) is 0 Å². The lowest BCUT2D eigenvalue weighted by atomic mass is 9.90. The Hall–Kier alpha value is -2.12. The number of amides is 2. The Morgan fingerprint density at radius 2 is 1.90 bits per heavy atom. The van der Waals surface area contributed by atoms with Crippen LogP contribution in [0.15, 0.2) is 30.3 Å². The molecule has 3 fully saturated rings. The van der Waals surface area contributed by atoms with Gasteiger partial charge < -0.3 is 19.6 Å². The summed E-state index contributed by atoms with van der Waals surface area (Å²) in [6.45, 7) is 6.40. The van der Waals surface area contributed by atoms with Gasteiger partial charge in [0.25, 0.3) is 0 Å². The van der Waals surface area contributed by atoms with Crippen LogP contribution >= 0.6 is 0 Å². The number of likely N-dealkylation sites (tertiary alicyclic amines) is 1. The topological polar surface area (TPSA) is 73.3 Å². The van der Waals surface area contributed by atoms with Crippen molar-refractivity contribution < 1.29 is 19.4 Å². The number of ether oxygens (including phenoxy) is 1. The third-order valence-electron chi connectivity index (χ3n) is 7.05. The molecule has 1 aromatic carbocycles. The molecule has 30 heavy (non-hydrogen) atoms. The Labute approximate surface area is 178 Å². The minimum atomic E-state index is -0.506. The zero-order valence-corrected chi connectivity index (χ0v) is 17.8. The molecule has 1 saturated carbocycles. The van der Waals surface area contributed by atoms with Crippen molar-refractivity contribution in [3.8, 4) is 0 Å². The predicted octanol–water partition coefficient (Wildman–Crippen LogP) is 2.09. The molecule has 2 atom stereocenters. The van der Waals surface area contributed by atoms with Crippen LogP contribution in [-0.2, 0) is 16.1 Å². The largest absolute Gasteiger partial charge is 0.445 e. The second kappa shape index (κ2) is 8.94. The molecule has 0 bridgehead atoms. The molecule has 4 rings (SSSR count). The molecule has 7 heteroatoms. The first-order valence-electron chi connectivity index (χ1n) is 11.1. The number of carbonyl (C=O) groups excluding carboxylic acids is 2. The summed E-state index contributed by atoms with van der Waals surface area (Å²) in [5.41, 5.74) is 1.16. The number of aliphatic hydroxyl groups excluding tert-OH is 1. The number of hydrogen-bond donors (Lipinski definition) is 1. The zero-order valence-electron chi connectivity index (χ0n) is 17.8. The van der Waals surface area contributed by atoms with Gasteiger partial charge in [0.05, 0.1) is 6.10 Å². The van der Waals surface area contributed by atoms with E-state index in [1.54, 1.807) is 6.92 Å². The summed E-state index contributed by atoms with van der Waals surface area (Å²) in [5, 5.41) is 10.3. The van der Waals surface area contributed by atoms with E-state index in [0.717, 1.165) is 38.0 Å². The van der Waals surface area contributed by atoms with Crippen molar-refractivity contribution in [2.75, 3.05) is 39.3 Å². The molecule has 3 aliphatic rings. The summed E-state index contributed by atoms with van der Waals surface area (Å²) >= 11 is 0. The van der Waals surface area contributed by atoms with E-state index in [1.807, 2.05) is 35.2 Å². The molecular formula is C23H33N3O4. The number of nitrogens with zero attached hydrogens (tertiary/aromatic N) is 3. The van der Waals surface area contributed by atoms with Crippen molar-refractivity contribution in [2.45, 2.75) is 51.4 Å². The van der Waals surface area contributed by atoms with E-state index in [0.29, 0.717) is 19.6 Å². The van der Waals surface area contributed by atoms with Gasteiger partial charge >= 0.3 is 6.09 Å². The fraction of sp³-hybridized carbons (Fsp3) is 0.652. The van der Waals surface area contributed by atoms with Gasteiger partial charge in [0.15, 0.2) is 0 Å². The normalized spacial score (nSPS) is 26.1. The van der Waals surface area contributed by atoms with Crippen LogP contribution in [0.5, 0.6) is 0 Å². The zero-order chi connectivity index (χ0) is 21.1. The number of benzene rings is 1. The van der Waals surface area contributed by atoms with Crippen LogP contribution in [0.1, 0.15) is 38.2 Å². The minimum Gasteiger partial charge on any atom is -0.445 e. The highest BCUT2D eigenvalue weighted by atomic mass is 16.6. The SMILES string of the molecule is CC1C(=O)N(CCCN2CCC3(CC3)C(O)C2)CCN1C(=O)OCc1ccccc1. The Kier molecular flexibility index (Phi) is 6.29. The third kappa shape index (κ3) is 4.62.